The van der Waals surface area contributed by atoms with Crippen LogP contribution in [-0.2, 0) is 29.2 Å². The Morgan fingerprint density at radius 3 is 2.36 bits per heavy atom. The number of phosphoric acid groups is 1. The Labute approximate surface area is 233 Å². The summed E-state index contributed by atoms with van der Waals surface area (Å²) in [6.07, 6.45) is 8.16. The van der Waals surface area contributed by atoms with E-state index < -0.39 is 7.82 Å². The van der Waals surface area contributed by atoms with Crippen molar-refractivity contribution in [3.05, 3.63) is 83.6 Å². The van der Waals surface area contributed by atoms with Gasteiger partial charge in [-0.3, -0.25) is 9.05 Å². The van der Waals surface area contributed by atoms with Gasteiger partial charge in [0, 0.05) is 61.7 Å². The van der Waals surface area contributed by atoms with E-state index in [1.165, 1.54) is 35.3 Å². The summed E-state index contributed by atoms with van der Waals surface area (Å²) in [5.74, 6) is 0. The number of allylic oxidation sites excluding steroid dienone is 4. The van der Waals surface area contributed by atoms with Gasteiger partial charge in [-0.05, 0) is 38.0 Å². The van der Waals surface area contributed by atoms with Crippen molar-refractivity contribution in [2.75, 3.05) is 45.4 Å². The van der Waals surface area contributed by atoms with E-state index in [9.17, 15) is 9.46 Å². The molecule has 0 bridgehead atoms. The minimum Gasteiger partial charge on any atom is -0.384 e. The van der Waals surface area contributed by atoms with Crippen molar-refractivity contribution in [1.29, 1.82) is 0 Å². The number of anilines is 1. The summed E-state index contributed by atoms with van der Waals surface area (Å²) in [5.41, 5.74) is 7.14. The predicted molar refractivity (Wildman–Crippen MR) is 157 cm³/mol. The molecule has 39 heavy (non-hydrogen) atoms. The molecule has 0 aromatic heterocycles. The van der Waals surface area contributed by atoms with Crippen LogP contribution in [0.3, 0.4) is 0 Å². The van der Waals surface area contributed by atoms with Crippen LogP contribution in [0.2, 0.25) is 0 Å². The molecule has 1 atom stereocenters. The third-order valence-electron chi connectivity index (χ3n) is 7.85. The molecular weight excluding hydrogens is 511 g/mol. The fourth-order valence-electron chi connectivity index (χ4n) is 5.82. The van der Waals surface area contributed by atoms with Crippen LogP contribution in [0.15, 0.2) is 72.5 Å². The zero-order chi connectivity index (χ0) is 28.3. The largest absolute Gasteiger partial charge is 0.471 e. The van der Waals surface area contributed by atoms with Crippen molar-refractivity contribution < 1.29 is 27.8 Å². The Balaban J connectivity index is 1.65. The van der Waals surface area contributed by atoms with Gasteiger partial charge in [-0.15, -0.1) is 0 Å². The van der Waals surface area contributed by atoms with Crippen LogP contribution < -0.4 is 4.90 Å². The quantitative estimate of drug-likeness (QED) is 0.184. The predicted octanol–water partition coefficient (Wildman–Crippen LogP) is 6.49. The van der Waals surface area contributed by atoms with Gasteiger partial charge in [-0.2, -0.15) is 4.58 Å². The first kappa shape index (κ1) is 29.4. The Kier molecular flexibility index (Phi) is 8.99. The molecule has 0 amide bonds. The molecular formula is C31H42N2O5P+. The first-order valence-electron chi connectivity index (χ1n) is 13.6. The molecule has 2 aromatic rings. The summed E-state index contributed by atoms with van der Waals surface area (Å²) in [7, 11) is -1.06. The van der Waals surface area contributed by atoms with Gasteiger partial charge in [0.25, 0.3) is 0 Å². The van der Waals surface area contributed by atoms with Crippen LogP contribution in [0.1, 0.15) is 51.7 Å². The second-order valence-corrected chi connectivity index (χ2v) is 12.6. The average molecular weight is 554 g/mol. The van der Waals surface area contributed by atoms with Crippen molar-refractivity contribution in [2.45, 2.75) is 51.4 Å². The molecule has 2 aliphatic rings. The topological polar surface area (TPSA) is 71.2 Å². The molecule has 0 saturated carbocycles. The number of methoxy groups -OCH3 is 1. The molecule has 1 N–H and O–H groups in total. The summed E-state index contributed by atoms with van der Waals surface area (Å²) in [5, 5.41) is 0. The fourth-order valence-corrected chi connectivity index (χ4v) is 6.28. The fraction of sp³-hybridized carbons (Fsp3) is 0.452. The summed E-state index contributed by atoms with van der Waals surface area (Å²) >= 11 is 0. The molecule has 8 heteroatoms. The lowest BCUT2D eigenvalue weighted by Crippen LogP contribution is -2.28. The summed E-state index contributed by atoms with van der Waals surface area (Å²) < 4.78 is 29.1. The van der Waals surface area contributed by atoms with Gasteiger partial charge in [0.15, 0.2) is 12.3 Å². The lowest BCUT2D eigenvalue weighted by molar-refractivity contribution is -0.438. The number of ether oxygens (including phenoxy) is 1. The maximum absolute atomic E-state index is 11.7. The number of nitrogens with zero attached hydrogens (tertiary/aromatic N) is 2. The highest BCUT2D eigenvalue weighted by Crippen LogP contribution is 2.48. The van der Waals surface area contributed by atoms with E-state index in [1.54, 1.807) is 7.11 Å². The van der Waals surface area contributed by atoms with E-state index in [1.807, 2.05) is 0 Å². The van der Waals surface area contributed by atoms with Gasteiger partial charge in [0.2, 0.25) is 5.69 Å². The van der Waals surface area contributed by atoms with Crippen LogP contribution in [0, 0.1) is 0 Å². The molecule has 2 heterocycles. The van der Waals surface area contributed by atoms with E-state index in [-0.39, 0.29) is 17.4 Å². The normalized spacial score (nSPS) is 20.1. The molecule has 0 aliphatic carbocycles. The van der Waals surface area contributed by atoms with Gasteiger partial charge in [0.05, 0.1) is 18.6 Å². The third-order valence-corrected chi connectivity index (χ3v) is 8.82. The number of benzene rings is 2. The first-order chi connectivity index (χ1) is 18.5. The zero-order valence-electron chi connectivity index (χ0n) is 24.0. The lowest BCUT2D eigenvalue weighted by Gasteiger charge is -2.27. The molecule has 2 aromatic carbocycles. The van der Waals surface area contributed by atoms with E-state index in [4.69, 9.17) is 9.26 Å². The number of hydrogen-bond donors (Lipinski definition) is 1. The molecule has 0 spiro atoms. The standard InChI is InChI=1S/C31H41N2O5P/c1-30(2)24-14-7-9-16-26(24)32(20-12-22-36-5)28(30)18-11-19-29-31(3,4)25-15-8-10-17-27(25)33(29)21-13-23-38-39(34,35)37-6/h7-11,14-19H,12-13,20-23H2,1-6H3/p+1. The molecule has 210 valence electrons. The van der Waals surface area contributed by atoms with E-state index >= 15 is 0 Å². The molecule has 1 unspecified atom stereocenters. The van der Waals surface area contributed by atoms with E-state index in [2.05, 4.69) is 108 Å². The zero-order valence-corrected chi connectivity index (χ0v) is 24.9. The molecule has 0 saturated heterocycles. The second-order valence-electron chi connectivity index (χ2n) is 11.1. The summed E-state index contributed by atoms with van der Waals surface area (Å²) in [6.45, 7) is 11.5. The minimum absolute atomic E-state index is 0.122. The van der Waals surface area contributed by atoms with Gasteiger partial charge in [-0.25, -0.2) is 4.57 Å². The van der Waals surface area contributed by atoms with Gasteiger partial charge >= 0.3 is 7.82 Å². The van der Waals surface area contributed by atoms with Crippen molar-refractivity contribution in [3.8, 4) is 0 Å². The van der Waals surface area contributed by atoms with Crippen LogP contribution in [0.4, 0.5) is 11.4 Å². The molecule has 0 fully saturated rings. The maximum atomic E-state index is 11.7. The Bertz CT molecular complexity index is 1330. The molecule has 4 rings (SSSR count). The second kappa shape index (κ2) is 11.9. The number of para-hydroxylation sites is 2. The number of fused-ring (bicyclic) bond motifs is 2. The van der Waals surface area contributed by atoms with Gasteiger partial charge in [-0.1, -0.05) is 56.3 Å². The van der Waals surface area contributed by atoms with E-state index in [0.717, 1.165) is 25.3 Å². The van der Waals surface area contributed by atoms with Gasteiger partial charge in [0.1, 0.15) is 0 Å². The number of rotatable bonds is 12. The summed E-state index contributed by atoms with van der Waals surface area (Å²) in [6, 6.07) is 17.1. The van der Waals surface area contributed by atoms with Gasteiger partial charge < -0.3 is 14.5 Å². The molecule has 7 nitrogen and oxygen atoms in total. The highest BCUT2D eigenvalue weighted by molar-refractivity contribution is 7.47. The Hall–Kier alpha value is -2.54. The number of hydrogen-bond acceptors (Lipinski definition) is 5. The smallest absolute Gasteiger partial charge is 0.384 e. The number of phosphoric ester groups is 1. The highest BCUT2D eigenvalue weighted by atomic mass is 31.2. The van der Waals surface area contributed by atoms with Crippen LogP contribution in [0.5, 0.6) is 0 Å². The van der Waals surface area contributed by atoms with E-state index in [0.29, 0.717) is 13.0 Å². The minimum atomic E-state index is -3.98. The van der Waals surface area contributed by atoms with Crippen LogP contribution in [-0.4, -0.2) is 55.7 Å². The van der Waals surface area contributed by atoms with Crippen molar-refractivity contribution in [2.24, 2.45) is 0 Å². The van der Waals surface area contributed by atoms with Crippen molar-refractivity contribution >= 4 is 24.9 Å². The lowest BCUT2D eigenvalue weighted by atomic mass is 9.81. The highest BCUT2D eigenvalue weighted by Gasteiger charge is 2.44. The van der Waals surface area contributed by atoms with Crippen LogP contribution in [0.25, 0.3) is 0 Å². The monoisotopic (exact) mass is 553 g/mol. The molecule has 2 aliphatic heterocycles. The van der Waals surface area contributed by atoms with Crippen LogP contribution >= 0.6 is 7.82 Å². The SMILES string of the molecule is COCCC[N+]1=C(/C=C/C=C2/N(CCCOP(=O)(O)OC)c3ccccc3C2(C)C)C(C)(C)c2ccccc21. The van der Waals surface area contributed by atoms with Crippen molar-refractivity contribution in [1.82, 2.24) is 0 Å². The molecule has 0 radical (unpaired) electrons. The third kappa shape index (κ3) is 5.98. The first-order valence-corrected chi connectivity index (χ1v) is 15.1. The maximum Gasteiger partial charge on any atom is 0.471 e. The Morgan fingerprint density at radius 2 is 1.64 bits per heavy atom. The summed E-state index contributed by atoms with van der Waals surface area (Å²) in [4.78, 5) is 11.9. The Morgan fingerprint density at radius 1 is 0.949 bits per heavy atom. The van der Waals surface area contributed by atoms with Crippen molar-refractivity contribution in [3.63, 3.8) is 0 Å². The average Bonchev–Trinajstić information content (AvgIpc) is 3.26.